The lowest BCUT2D eigenvalue weighted by atomic mass is 10.1. The second-order valence-electron chi connectivity index (χ2n) is 5.53. The highest BCUT2D eigenvalue weighted by Crippen LogP contribution is 2.24. The van der Waals surface area contributed by atoms with Gasteiger partial charge in [0.15, 0.2) is 0 Å². The number of carbonyl (C=O) groups is 2. The van der Waals surface area contributed by atoms with Gasteiger partial charge in [0.1, 0.15) is 5.60 Å². The first-order chi connectivity index (χ1) is 9.76. The summed E-state index contributed by atoms with van der Waals surface area (Å²) >= 11 is 0. The van der Waals surface area contributed by atoms with Crippen LogP contribution in [0, 0.1) is 11.8 Å². The molecule has 0 atom stereocenters. The zero-order valence-electron chi connectivity index (χ0n) is 12.0. The van der Waals surface area contributed by atoms with Gasteiger partial charge in [-0.15, -0.1) is 0 Å². The fourth-order valence-electron chi connectivity index (χ4n) is 2.11. The number of hydrogen-bond donors (Lipinski definition) is 2. The normalized spacial score (nSPS) is 14.8. The molecule has 1 aliphatic heterocycles. The molecule has 0 aromatic heterocycles. The third-order valence-corrected chi connectivity index (χ3v) is 3.06. The Labute approximate surface area is 123 Å². The Hall–Kier alpha value is -2.32. The monoisotopic (exact) mass is 287 g/mol. The molecular weight excluding hydrogens is 270 g/mol. The second kappa shape index (κ2) is 5.58. The summed E-state index contributed by atoms with van der Waals surface area (Å²) in [6, 6.07) is 4.58. The summed E-state index contributed by atoms with van der Waals surface area (Å²) in [5, 5.41) is 18.8. The number of benzene rings is 1. The molecule has 1 aromatic rings. The van der Waals surface area contributed by atoms with Crippen LogP contribution in [0.25, 0.3) is 0 Å². The number of anilines is 1. The molecule has 5 heteroatoms. The van der Waals surface area contributed by atoms with Gasteiger partial charge in [0.2, 0.25) is 5.91 Å². The summed E-state index contributed by atoms with van der Waals surface area (Å²) in [4.78, 5) is 24.6. The van der Waals surface area contributed by atoms with Gasteiger partial charge in [-0.05, 0) is 38.5 Å². The maximum absolute atomic E-state index is 11.8. The fraction of sp³-hybridized carbons (Fsp3) is 0.375. The fourth-order valence-corrected chi connectivity index (χ4v) is 2.11. The summed E-state index contributed by atoms with van der Waals surface area (Å²) in [7, 11) is 0. The van der Waals surface area contributed by atoms with Crippen molar-refractivity contribution in [3.63, 3.8) is 0 Å². The zero-order chi connectivity index (χ0) is 15.6. The summed E-state index contributed by atoms with van der Waals surface area (Å²) in [6.07, 6.45) is 1.24. The summed E-state index contributed by atoms with van der Waals surface area (Å²) in [5.74, 6) is 4.31. The van der Waals surface area contributed by atoms with Crippen LogP contribution in [0.3, 0.4) is 0 Å². The molecule has 0 unspecified atom stereocenters. The number of nitrogens with zero attached hydrogens (tertiary/aromatic N) is 1. The first-order valence-electron chi connectivity index (χ1n) is 6.70. The third kappa shape index (κ3) is 3.83. The third-order valence-electron chi connectivity index (χ3n) is 3.06. The van der Waals surface area contributed by atoms with E-state index in [2.05, 4.69) is 11.8 Å². The van der Waals surface area contributed by atoms with E-state index < -0.39 is 11.6 Å². The van der Waals surface area contributed by atoms with Crippen LogP contribution < -0.4 is 4.90 Å². The van der Waals surface area contributed by atoms with Crippen molar-refractivity contribution < 1.29 is 19.8 Å². The van der Waals surface area contributed by atoms with Crippen LogP contribution in [0.1, 0.15) is 42.6 Å². The van der Waals surface area contributed by atoms with Gasteiger partial charge in [0.05, 0.1) is 5.56 Å². The van der Waals surface area contributed by atoms with Crippen molar-refractivity contribution in [2.45, 2.75) is 32.3 Å². The van der Waals surface area contributed by atoms with Crippen molar-refractivity contribution in [1.82, 2.24) is 0 Å². The molecule has 0 aliphatic carbocycles. The average Bonchev–Trinajstić information content (AvgIpc) is 2.81. The van der Waals surface area contributed by atoms with E-state index in [0.29, 0.717) is 24.2 Å². The molecule has 5 nitrogen and oxygen atoms in total. The summed E-state index contributed by atoms with van der Waals surface area (Å²) in [6.45, 7) is 3.68. The smallest absolute Gasteiger partial charge is 0.335 e. The first-order valence-corrected chi connectivity index (χ1v) is 6.70. The predicted molar refractivity (Wildman–Crippen MR) is 78.2 cm³/mol. The minimum atomic E-state index is -1.16. The number of aromatic carboxylic acids is 1. The highest BCUT2D eigenvalue weighted by atomic mass is 16.4. The zero-order valence-corrected chi connectivity index (χ0v) is 12.0. The van der Waals surface area contributed by atoms with Gasteiger partial charge in [-0.25, -0.2) is 4.79 Å². The van der Waals surface area contributed by atoms with Gasteiger partial charge in [0.25, 0.3) is 0 Å². The van der Waals surface area contributed by atoms with Crippen LogP contribution in [-0.2, 0) is 4.79 Å². The molecule has 1 amide bonds. The molecule has 0 radical (unpaired) electrons. The van der Waals surface area contributed by atoms with E-state index >= 15 is 0 Å². The SMILES string of the molecule is CC(C)(O)C#Cc1cc(C(=O)O)cc(N2CCCC2=O)c1. The van der Waals surface area contributed by atoms with Crippen LogP contribution in [0.5, 0.6) is 0 Å². The number of rotatable bonds is 2. The van der Waals surface area contributed by atoms with E-state index in [-0.39, 0.29) is 11.5 Å². The van der Waals surface area contributed by atoms with Crippen molar-refractivity contribution >= 4 is 17.6 Å². The Bertz CT molecular complexity index is 646. The summed E-state index contributed by atoms with van der Waals surface area (Å²) in [5.41, 5.74) is -0.0838. The van der Waals surface area contributed by atoms with Crippen molar-refractivity contribution in [3.05, 3.63) is 29.3 Å². The molecule has 21 heavy (non-hydrogen) atoms. The molecule has 0 saturated carbocycles. The van der Waals surface area contributed by atoms with Crippen molar-refractivity contribution in [2.75, 3.05) is 11.4 Å². The van der Waals surface area contributed by atoms with E-state index in [1.807, 2.05) is 0 Å². The Morgan fingerprint density at radius 2 is 2.05 bits per heavy atom. The molecule has 1 aromatic carbocycles. The minimum absolute atomic E-state index is 0.0149. The molecule has 2 rings (SSSR count). The molecule has 1 fully saturated rings. The molecular formula is C16H17NO4. The Morgan fingerprint density at radius 1 is 1.33 bits per heavy atom. The average molecular weight is 287 g/mol. The van der Waals surface area contributed by atoms with Crippen molar-refractivity contribution in [3.8, 4) is 11.8 Å². The number of carbonyl (C=O) groups excluding carboxylic acids is 1. The van der Waals surface area contributed by atoms with Gasteiger partial charge in [-0.1, -0.05) is 11.8 Å². The van der Waals surface area contributed by atoms with Crippen LogP contribution >= 0.6 is 0 Å². The highest BCUT2D eigenvalue weighted by Gasteiger charge is 2.23. The minimum Gasteiger partial charge on any atom is -0.478 e. The van der Waals surface area contributed by atoms with Crippen molar-refractivity contribution in [1.29, 1.82) is 0 Å². The Balaban J connectivity index is 2.45. The standard InChI is InChI=1S/C16H17NO4/c1-16(2,21)6-5-11-8-12(15(19)20)10-13(9-11)17-7-3-4-14(17)18/h8-10,21H,3-4,7H2,1-2H3,(H,19,20). The molecule has 1 heterocycles. The molecule has 110 valence electrons. The van der Waals surface area contributed by atoms with Gasteiger partial charge in [-0.2, -0.15) is 0 Å². The maximum Gasteiger partial charge on any atom is 0.335 e. The number of hydrogen-bond acceptors (Lipinski definition) is 3. The molecule has 0 spiro atoms. The molecule has 2 N–H and O–H groups in total. The van der Waals surface area contributed by atoms with E-state index in [1.54, 1.807) is 24.8 Å². The molecule has 1 saturated heterocycles. The van der Waals surface area contributed by atoms with Gasteiger partial charge >= 0.3 is 5.97 Å². The lowest BCUT2D eigenvalue weighted by Gasteiger charge is -2.16. The highest BCUT2D eigenvalue weighted by molar-refractivity contribution is 5.97. The van der Waals surface area contributed by atoms with Gasteiger partial charge in [0, 0.05) is 24.2 Å². The van der Waals surface area contributed by atoms with Gasteiger partial charge < -0.3 is 15.1 Å². The van der Waals surface area contributed by atoms with E-state index in [9.17, 15) is 14.7 Å². The van der Waals surface area contributed by atoms with E-state index in [0.717, 1.165) is 6.42 Å². The van der Waals surface area contributed by atoms with Gasteiger partial charge in [-0.3, -0.25) is 4.79 Å². The number of amides is 1. The molecule has 1 aliphatic rings. The Morgan fingerprint density at radius 3 is 2.57 bits per heavy atom. The van der Waals surface area contributed by atoms with E-state index in [4.69, 9.17) is 5.11 Å². The number of aliphatic hydroxyl groups is 1. The summed E-state index contributed by atoms with van der Waals surface area (Å²) < 4.78 is 0. The second-order valence-corrected chi connectivity index (χ2v) is 5.53. The quantitative estimate of drug-likeness (QED) is 0.810. The maximum atomic E-state index is 11.8. The van der Waals surface area contributed by atoms with Crippen molar-refractivity contribution in [2.24, 2.45) is 0 Å². The largest absolute Gasteiger partial charge is 0.478 e. The predicted octanol–water partition coefficient (Wildman–Crippen LogP) is 1.63. The number of carboxylic acid groups (broad SMARTS) is 1. The van der Waals surface area contributed by atoms with Crippen LogP contribution in [0.2, 0.25) is 0 Å². The first kappa shape index (κ1) is 15.1. The molecule has 0 bridgehead atoms. The number of carboxylic acids is 1. The Kier molecular flexibility index (Phi) is 4.01. The lowest BCUT2D eigenvalue weighted by molar-refractivity contribution is -0.117. The van der Waals surface area contributed by atoms with Crippen LogP contribution in [0.15, 0.2) is 18.2 Å². The van der Waals surface area contributed by atoms with Crippen LogP contribution in [0.4, 0.5) is 5.69 Å². The van der Waals surface area contributed by atoms with Crippen LogP contribution in [-0.4, -0.2) is 34.2 Å². The lowest BCUT2D eigenvalue weighted by Crippen LogP contribution is -2.24. The van der Waals surface area contributed by atoms with E-state index in [1.165, 1.54) is 12.1 Å². The topological polar surface area (TPSA) is 77.8 Å².